The van der Waals surface area contributed by atoms with Gasteiger partial charge in [0.05, 0.1) is 4.90 Å². The Bertz CT molecular complexity index is 530. The molecular weight excluding hydrogens is 288 g/mol. The van der Waals surface area contributed by atoms with Gasteiger partial charge in [0.15, 0.2) is 0 Å². The molecule has 21 heavy (non-hydrogen) atoms. The van der Waals surface area contributed by atoms with Crippen LogP contribution in [-0.2, 0) is 27.7 Å². The Labute approximate surface area is 128 Å². The van der Waals surface area contributed by atoms with Crippen LogP contribution in [0.15, 0.2) is 23.1 Å². The van der Waals surface area contributed by atoms with Crippen LogP contribution < -0.4 is 10.0 Å². The van der Waals surface area contributed by atoms with Gasteiger partial charge in [-0.2, -0.15) is 0 Å². The summed E-state index contributed by atoms with van der Waals surface area (Å²) in [6, 6.07) is 5.31. The summed E-state index contributed by atoms with van der Waals surface area (Å²) in [5.74, 6) is 0. The van der Waals surface area contributed by atoms with E-state index in [1.54, 1.807) is 12.1 Å². The van der Waals surface area contributed by atoms with E-state index in [1.165, 1.54) is 5.56 Å². The number of hydrogen-bond donors (Lipinski definition) is 2. The molecule has 0 amide bonds. The van der Waals surface area contributed by atoms with E-state index in [2.05, 4.69) is 17.0 Å². The molecular formula is C15H26N2O3S. The third-order valence-electron chi connectivity index (χ3n) is 3.20. The number of benzene rings is 1. The molecule has 0 aliphatic rings. The zero-order chi connectivity index (χ0) is 15.7. The number of ether oxygens (including phenoxy) is 1. The minimum absolute atomic E-state index is 0.321. The number of nitrogens with one attached hydrogen (secondary N) is 2. The maximum absolute atomic E-state index is 12.2. The fraction of sp³-hybridized carbons (Fsp3) is 0.600. The van der Waals surface area contributed by atoms with Gasteiger partial charge in [-0.3, -0.25) is 0 Å². The summed E-state index contributed by atoms with van der Waals surface area (Å²) in [6.45, 7) is 6.25. The summed E-state index contributed by atoms with van der Waals surface area (Å²) in [5.41, 5.74) is 2.19. The Morgan fingerprint density at radius 1 is 1.19 bits per heavy atom. The van der Waals surface area contributed by atoms with Gasteiger partial charge in [-0.1, -0.05) is 13.0 Å². The molecule has 1 aromatic carbocycles. The predicted octanol–water partition coefficient (Wildman–Crippen LogP) is 1.67. The molecule has 0 unspecified atom stereocenters. The van der Waals surface area contributed by atoms with E-state index in [9.17, 15) is 8.42 Å². The highest BCUT2D eigenvalue weighted by molar-refractivity contribution is 7.89. The first-order valence-corrected chi connectivity index (χ1v) is 8.87. The van der Waals surface area contributed by atoms with Crippen LogP contribution >= 0.6 is 0 Å². The van der Waals surface area contributed by atoms with E-state index in [-0.39, 0.29) is 0 Å². The second-order valence-electron chi connectivity index (χ2n) is 4.76. The molecule has 0 atom stereocenters. The Hall–Kier alpha value is -0.950. The van der Waals surface area contributed by atoms with E-state index >= 15 is 0 Å². The van der Waals surface area contributed by atoms with Crippen LogP contribution in [0.4, 0.5) is 0 Å². The molecule has 2 N–H and O–H groups in total. The molecule has 0 spiro atoms. The van der Waals surface area contributed by atoms with Gasteiger partial charge < -0.3 is 10.1 Å². The molecule has 0 saturated carbocycles. The van der Waals surface area contributed by atoms with E-state index in [1.807, 2.05) is 20.0 Å². The van der Waals surface area contributed by atoms with E-state index in [4.69, 9.17) is 4.74 Å². The Balaban J connectivity index is 2.76. The van der Waals surface area contributed by atoms with Crippen molar-refractivity contribution in [2.24, 2.45) is 0 Å². The topological polar surface area (TPSA) is 67.4 Å². The molecule has 6 heteroatoms. The fourth-order valence-corrected chi connectivity index (χ4v) is 3.20. The van der Waals surface area contributed by atoms with Crippen LogP contribution in [-0.4, -0.2) is 35.2 Å². The van der Waals surface area contributed by atoms with Crippen LogP contribution in [0.25, 0.3) is 0 Å². The molecule has 0 fully saturated rings. The summed E-state index contributed by atoms with van der Waals surface area (Å²) in [5, 5.41) is 3.07. The number of hydrogen-bond acceptors (Lipinski definition) is 4. The van der Waals surface area contributed by atoms with E-state index in [0.29, 0.717) is 37.6 Å². The van der Waals surface area contributed by atoms with Gasteiger partial charge in [0, 0.05) is 26.3 Å². The van der Waals surface area contributed by atoms with Gasteiger partial charge in [-0.05, 0) is 50.1 Å². The summed E-state index contributed by atoms with van der Waals surface area (Å²) in [6.07, 6.45) is 1.56. The van der Waals surface area contributed by atoms with Gasteiger partial charge in [0.2, 0.25) is 10.0 Å². The number of sulfonamides is 1. The second kappa shape index (κ2) is 9.15. The average molecular weight is 314 g/mol. The summed E-state index contributed by atoms with van der Waals surface area (Å²) in [7, 11) is -1.59. The van der Waals surface area contributed by atoms with Crippen LogP contribution in [0, 0.1) is 0 Å². The summed E-state index contributed by atoms with van der Waals surface area (Å²) in [4.78, 5) is 0.321. The quantitative estimate of drug-likeness (QED) is 0.645. The first-order valence-electron chi connectivity index (χ1n) is 7.39. The first-order chi connectivity index (χ1) is 10.0. The lowest BCUT2D eigenvalue weighted by molar-refractivity contribution is 0.146. The van der Waals surface area contributed by atoms with Crippen molar-refractivity contribution in [3.05, 3.63) is 29.3 Å². The molecule has 1 rings (SSSR count). The van der Waals surface area contributed by atoms with Gasteiger partial charge >= 0.3 is 0 Å². The van der Waals surface area contributed by atoms with Gasteiger partial charge in [-0.15, -0.1) is 0 Å². The Morgan fingerprint density at radius 3 is 2.57 bits per heavy atom. The minimum atomic E-state index is -3.45. The van der Waals surface area contributed by atoms with Crippen molar-refractivity contribution >= 4 is 10.0 Å². The van der Waals surface area contributed by atoms with E-state index in [0.717, 1.165) is 12.0 Å². The SMILES string of the molecule is CCOCCCNS(=O)(=O)c1ccc(CC)c(CNC)c1. The van der Waals surface area contributed by atoms with Crippen LogP contribution in [0.5, 0.6) is 0 Å². The summed E-state index contributed by atoms with van der Waals surface area (Å²) < 4.78 is 32.3. The monoisotopic (exact) mass is 314 g/mol. The van der Waals surface area contributed by atoms with Crippen molar-refractivity contribution in [2.45, 2.75) is 38.1 Å². The normalized spacial score (nSPS) is 11.8. The third kappa shape index (κ3) is 5.74. The molecule has 0 aliphatic heterocycles. The van der Waals surface area contributed by atoms with Crippen molar-refractivity contribution < 1.29 is 13.2 Å². The predicted molar refractivity (Wildman–Crippen MR) is 84.9 cm³/mol. The highest BCUT2D eigenvalue weighted by Crippen LogP contribution is 2.16. The molecule has 120 valence electrons. The Kier molecular flexibility index (Phi) is 7.88. The summed E-state index contributed by atoms with van der Waals surface area (Å²) >= 11 is 0. The molecule has 0 aromatic heterocycles. The molecule has 0 aliphatic carbocycles. The second-order valence-corrected chi connectivity index (χ2v) is 6.53. The van der Waals surface area contributed by atoms with Crippen molar-refractivity contribution in [3.8, 4) is 0 Å². The van der Waals surface area contributed by atoms with Crippen LogP contribution in [0.3, 0.4) is 0 Å². The van der Waals surface area contributed by atoms with Gasteiger partial charge in [-0.25, -0.2) is 13.1 Å². The molecule has 1 aromatic rings. The average Bonchev–Trinajstić information content (AvgIpc) is 2.47. The van der Waals surface area contributed by atoms with E-state index < -0.39 is 10.0 Å². The molecule has 0 radical (unpaired) electrons. The van der Waals surface area contributed by atoms with Crippen molar-refractivity contribution in [1.82, 2.24) is 10.0 Å². The highest BCUT2D eigenvalue weighted by Gasteiger charge is 2.15. The van der Waals surface area contributed by atoms with Crippen LogP contribution in [0.1, 0.15) is 31.4 Å². The lowest BCUT2D eigenvalue weighted by Gasteiger charge is -2.11. The third-order valence-corrected chi connectivity index (χ3v) is 4.66. The molecule has 5 nitrogen and oxygen atoms in total. The standard InChI is InChI=1S/C15H26N2O3S/c1-4-13-7-8-15(11-14(13)12-16-3)21(18,19)17-9-6-10-20-5-2/h7-8,11,16-17H,4-6,9-10,12H2,1-3H3. The lowest BCUT2D eigenvalue weighted by atomic mass is 10.1. The minimum Gasteiger partial charge on any atom is -0.382 e. The van der Waals surface area contributed by atoms with Gasteiger partial charge in [0.1, 0.15) is 0 Å². The number of aryl methyl sites for hydroxylation is 1. The smallest absolute Gasteiger partial charge is 0.240 e. The number of rotatable bonds is 10. The lowest BCUT2D eigenvalue weighted by Crippen LogP contribution is -2.26. The zero-order valence-corrected chi connectivity index (χ0v) is 13.9. The van der Waals surface area contributed by atoms with Crippen LogP contribution in [0.2, 0.25) is 0 Å². The van der Waals surface area contributed by atoms with Gasteiger partial charge in [0.25, 0.3) is 0 Å². The first kappa shape index (κ1) is 18.1. The maximum atomic E-state index is 12.2. The molecule has 0 bridgehead atoms. The highest BCUT2D eigenvalue weighted by atomic mass is 32.2. The largest absolute Gasteiger partial charge is 0.382 e. The van der Waals surface area contributed by atoms with Crippen molar-refractivity contribution in [3.63, 3.8) is 0 Å². The van der Waals surface area contributed by atoms with Crippen molar-refractivity contribution in [1.29, 1.82) is 0 Å². The zero-order valence-electron chi connectivity index (χ0n) is 13.1. The maximum Gasteiger partial charge on any atom is 0.240 e. The fourth-order valence-electron chi connectivity index (χ4n) is 2.08. The Morgan fingerprint density at radius 2 is 1.95 bits per heavy atom. The van der Waals surface area contributed by atoms with Crippen molar-refractivity contribution in [2.75, 3.05) is 26.8 Å². The molecule has 0 saturated heterocycles. The molecule has 0 heterocycles.